The second-order valence-electron chi connectivity index (χ2n) is 7.11. The molecule has 3 aromatic rings. The van der Waals surface area contributed by atoms with Gasteiger partial charge in [0.25, 0.3) is 0 Å². The molecule has 6 nitrogen and oxygen atoms in total. The molecule has 4 rings (SSSR count). The minimum Gasteiger partial charge on any atom is -0.311 e. The average molecular weight is 321 g/mol. The Morgan fingerprint density at radius 1 is 1.17 bits per heavy atom. The van der Waals surface area contributed by atoms with Crippen LogP contribution in [0.25, 0.3) is 11.0 Å². The third kappa shape index (κ3) is 2.26. The summed E-state index contributed by atoms with van der Waals surface area (Å²) in [4.78, 5) is 21.2. The summed E-state index contributed by atoms with van der Waals surface area (Å²) < 4.78 is 1.88. The van der Waals surface area contributed by atoms with Crippen molar-refractivity contribution in [3.63, 3.8) is 0 Å². The molecule has 1 aromatic carbocycles. The van der Waals surface area contributed by atoms with Crippen molar-refractivity contribution in [3.05, 3.63) is 47.9 Å². The zero-order chi connectivity index (χ0) is 16.9. The van der Waals surface area contributed by atoms with Crippen LogP contribution in [0.5, 0.6) is 0 Å². The summed E-state index contributed by atoms with van der Waals surface area (Å²) in [5.74, 6) is 0.717. The number of anilines is 1. The van der Waals surface area contributed by atoms with Crippen LogP contribution in [0.3, 0.4) is 0 Å². The molecule has 1 aliphatic rings. The van der Waals surface area contributed by atoms with Gasteiger partial charge in [0, 0.05) is 30.3 Å². The van der Waals surface area contributed by atoms with E-state index >= 15 is 0 Å². The van der Waals surface area contributed by atoms with Crippen molar-refractivity contribution in [3.8, 4) is 0 Å². The number of rotatable bonds is 1. The summed E-state index contributed by atoms with van der Waals surface area (Å²) in [7, 11) is 0. The normalized spacial score (nSPS) is 17.6. The lowest BCUT2D eigenvalue weighted by atomic mass is 9.86. The number of aromatic nitrogens is 4. The quantitative estimate of drug-likeness (QED) is 0.747. The Labute approximate surface area is 139 Å². The first-order valence-electron chi connectivity index (χ1n) is 8.03. The fourth-order valence-electron chi connectivity index (χ4n) is 3.30. The highest BCUT2D eigenvalue weighted by atomic mass is 16.1. The molecule has 0 radical (unpaired) electrons. The van der Waals surface area contributed by atoms with Gasteiger partial charge in [-0.15, -0.1) is 0 Å². The SMILES string of the molecule is CC(C)(C)n1ncc2c1NC(=O)CC2c1cccc2nccnc12. The molecule has 1 N–H and O–H groups in total. The number of nitrogens with zero attached hydrogens (tertiary/aromatic N) is 4. The van der Waals surface area contributed by atoms with Crippen molar-refractivity contribution >= 4 is 22.8 Å². The molecule has 0 spiro atoms. The highest BCUT2D eigenvalue weighted by Crippen LogP contribution is 2.40. The Morgan fingerprint density at radius 3 is 2.75 bits per heavy atom. The van der Waals surface area contributed by atoms with Crippen LogP contribution in [0.4, 0.5) is 5.82 Å². The van der Waals surface area contributed by atoms with Crippen LogP contribution < -0.4 is 5.32 Å². The molecule has 0 saturated heterocycles. The van der Waals surface area contributed by atoms with Gasteiger partial charge in [-0.2, -0.15) is 5.10 Å². The zero-order valence-corrected chi connectivity index (χ0v) is 13.9. The number of amides is 1. The summed E-state index contributed by atoms with van der Waals surface area (Å²) in [6, 6.07) is 5.93. The van der Waals surface area contributed by atoms with Gasteiger partial charge in [-0.3, -0.25) is 14.8 Å². The molecular weight excluding hydrogens is 302 g/mol. The minimum atomic E-state index is -0.207. The molecule has 1 unspecified atom stereocenters. The van der Waals surface area contributed by atoms with Gasteiger partial charge in [-0.25, -0.2) is 4.68 Å². The Morgan fingerprint density at radius 2 is 1.96 bits per heavy atom. The summed E-state index contributed by atoms with van der Waals surface area (Å²) in [6.45, 7) is 6.21. The lowest BCUT2D eigenvalue weighted by molar-refractivity contribution is -0.116. The molecule has 0 aliphatic carbocycles. The van der Waals surface area contributed by atoms with Crippen LogP contribution in [-0.2, 0) is 10.3 Å². The second kappa shape index (κ2) is 5.12. The molecule has 1 amide bonds. The molecule has 0 fully saturated rings. The van der Waals surface area contributed by atoms with Crippen LogP contribution in [0.1, 0.15) is 44.2 Å². The Balaban J connectivity index is 1.92. The fraction of sp³-hybridized carbons (Fsp3) is 0.333. The number of nitrogens with one attached hydrogen (secondary N) is 1. The number of carbonyl (C=O) groups is 1. The van der Waals surface area contributed by atoms with Gasteiger partial charge in [0.2, 0.25) is 5.91 Å². The molecule has 3 heterocycles. The first-order valence-corrected chi connectivity index (χ1v) is 8.03. The van der Waals surface area contributed by atoms with Gasteiger partial charge in [0.05, 0.1) is 22.8 Å². The van der Waals surface area contributed by atoms with Gasteiger partial charge < -0.3 is 5.32 Å². The summed E-state index contributed by atoms with van der Waals surface area (Å²) >= 11 is 0. The molecule has 1 atom stereocenters. The highest BCUT2D eigenvalue weighted by Gasteiger charge is 2.33. The monoisotopic (exact) mass is 321 g/mol. The predicted molar refractivity (Wildman–Crippen MR) is 91.9 cm³/mol. The largest absolute Gasteiger partial charge is 0.311 e. The molecule has 24 heavy (non-hydrogen) atoms. The van der Waals surface area contributed by atoms with Crippen molar-refractivity contribution in [2.75, 3.05) is 5.32 Å². The summed E-state index contributed by atoms with van der Waals surface area (Å²) in [5, 5.41) is 7.51. The topological polar surface area (TPSA) is 72.7 Å². The zero-order valence-electron chi connectivity index (χ0n) is 13.9. The van der Waals surface area contributed by atoms with Crippen molar-refractivity contribution in [2.45, 2.75) is 38.6 Å². The Hall–Kier alpha value is -2.76. The average Bonchev–Trinajstić information content (AvgIpc) is 2.97. The van der Waals surface area contributed by atoms with E-state index in [0.717, 1.165) is 28.0 Å². The third-order valence-electron chi connectivity index (χ3n) is 4.36. The van der Waals surface area contributed by atoms with Gasteiger partial charge in [0.15, 0.2) is 0 Å². The van der Waals surface area contributed by atoms with E-state index in [2.05, 4.69) is 41.2 Å². The molecular formula is C18H19N5O. The van der Waals surface area contributed by atoms with Crippen molar-refractivity contribution in [1.29, 1.82) is 0 Å². The second-order valence-corrected chi connectivity index (χ2v) is 7.11. The van der Waals surface area contributed by atoms with Crippen molar-refractivity contribution in [2.24, 2.45) is 0 Å². The Bertz CT molecular complexity index is 933. The predicted octanol–water partition coefficient (Wildman–Crippen LogP) is 3.06. The van der Waals surface area contributed by atoms with Crippen LogP contribution >= 0.6 is 0 Å². The van der Waals surface area contributed by atoms with E-state index in [1.54, 1.807) is 12.4 Å². The summed E-state index contributed by atoms with van der Waals surface area (Å²) in [5.41, 5.74) is 3.52. The lowest BCUT2D eigenvalue weighted by Gasteiger charge is -2.28. The molecule has 0 saturated carbocycles. The van der Waals surface area contributed by atoms with E-state index in [1.807, 2.05) is 29.1 Å². The van der Waals surface area contributed by atoms with E-state index in [4.69, 9.17) is 0 Å². The maximum atomic E-state index is 12.3. The molecule has 6 heteroatoms. The van der Waals surface area contributed by atoms with E-state index in [0.29, 0.717) is 6.42 Å². The maximum Gasteiger partial charge on any atom is 0.226 e. The minimum absolute atomic E-state index is 0.000562. The van der Waals surface area contributed by atoms with Gasteiger partial charge in [-0.05, 0) is 32.4 Å². The molecule has 1 aliphatic heterocycles. The van der Waals surface area contributed by atoms with Crippen LogP contribution in [0.2, 0.25) is 0 Å². The van der Waals surface area contributed by atoms with Crippen LogP contribution in [0, 0.1) is 0 Å². The van der Waals surface area contributed by atoms with Gasteiger partial charge in [-0.1, -0.05) is 12.1 Å². The number of benzene rings is 1. The van der Waals surface area contributed by atoms with E-state index in [-0.39, 0.29) is 17.4 Å². The number of hydrogen-bond donors (Lipinski definition) is 1. The number of hydrogen-bond acceptors (Lipinski definition) is 4. The van der Waals surface area contributed by atoms with E-state index in [9.17, 15) is 4.79 Å². The highest BCUT2D eigenvalue weighted by molar-refractivity contribution is 5.95. The number of carbonyl (C=O) groups excluding carboxylic acids is 1. The third-order valence-corrected chi connectivity index (χ3v) is 4.36. The van der Waals surface area contributed by atoms with Crippen molar-refractivity contribution < 1.29 is 4.79 Å². The van der Waals surface area contributed by atoms with E-state index in [1.165, 1.54) is 0 Å². The molecule has 2 aromatic heterocycles. The van der Waals surface area contributed by atoms with E-state index < -0.39 is 0 Å². The number of para-hydroxylation sites is 1. The molecule has 122 valence electrons. The maximum absolute atomic E-state index is 12.3. The summed E-state index contributed by atoms with van der Waals surface area (Å²) in [6.07, 6.45) is 5.62. The number of fused-ring (bicyclic) bond motifs is 2. The molecule has 0 bridgehead atoms. The Kier molecular flexibility index (Phi) is 3.16. The van der Waals surface area contributed by atoms with Crippen LogP contribution in [0.15, 0.2) is 36.8 Å². The van der Waals surface area contributed by atoms with Crippen molar-refractivity contribution in [1.82, 2.24) is 19.7 Å². The first-order chi connectivity index (χ1) is 11.4. The standard InChI is InChI=1S/C18H19N5O/c1-18(2,3)23-17-13(10-21-23)12(9-15(24)22-17)11-5-4-6-14-16(11)20-8-7-19-14/h4-8,10,12H,9H2,1-3H3,(H,22,24). The van der Waals surface area contributed by atoms with Gasteiger partial charge in [0.1, 0.15) is 5.82 Å². The first kappa shape index (κ1) is 14.8. The van der Waals surface area contributed by atoms with Crippen LogP contribution in [-0.4, -0.2) is 25.7 Å². The smallest absolute Gasteiger partial charge is 0.226 e. The fourth-order valence-corrected chi connectivity index (χ4v) is 3.30. The van der Waals surface area contributed by atoms with Gasteiger partial charge >= 0.3 is 0 Å². The lowest BCUT2D eigenvalue weighted by Crippen LogP contribution is -2.30.